The van der Waals surface area contributed by atoms with E-state index in [1.54, 1.807) is 4.68 Å². The highest BCUT2D eigenvalue weighted by atomic mass is 35.5. The van der Waals surface area contributed by atoms with Gasteiger partial charge < -0.3 is 10.2 Å². The molecular formula is C13H21ClN4O. The summed E-state index contributed by atoms with van der Waals surface area (Å²) in [5.74, 6) is 0.783. The SMILES string of the molecule is Cc1nn(C)cc1C(=O)N1CCC2NCCC2C1.Cl. The largest absolute Gasteiger partial charge is 0.338 e. The fourth-order valence-corrected chi connectivity index (χ4v) is 3.21. The van der Waals surface area contributed by atoms with Crippen LogP contribution in [0.25, 0.3) is 0 Å². The quantitative estimate of drug-likeness (QED) is 0.836. The Morgan fingerprint density at radius 1 is 1.47 bits per heavy atom. The van der Waals surface area contributed by atoms with Crippen molar-refractivity contribution in [1.82, 2.24) is 20.0 Å². The molecule has 6 heteroatoms. The van der Waals surface area contributed by atoms with Crippen LogP contribution in [0.5, 0.6) is 0 Å². The number of carbonyl (C=O) groups is 1. The minimum atomic E-state index is 0. The second-order valence-corrected chi connectivity index (χ2v) is 5.45. The van der Waals surface area contributed by atoms with Crippen molar-refractivity contribution in [3.8, 4) is 0 Å². The zero-order valence-electron chi connectivity index (χ0n) is 11.4. The number of piperidine rings is 1. The van der Waals surface area contributed by atoms with E-state index in [1.165, 1.54) is 6.42 Å². The molecule has 19 heavy (non-hydrogen) atoms. The van der Waals surface area contributed by atoms with Gasteiger partial charge in [0.15, 0.2) is 0 Å². The number of hydrogen-bond donors (Lipinski definition) is 1. The second-order valence-electron chi connectivity index (χ2n) is 5.45. The lowest BCUT2D eigenvalue weighted by molar-refractivity contribution is 0.0661. The van der Waals surface area contributed by atoms with E-state index in [0.29, 0.717) is 12.0 Å². The van der Waals surface area contributed by atoms with Crippen molar-refractivity contribution in [2.45, 2.75) is 25.8 Å². The minimum absolute atomic E-state index is 0. The molecule has 2 aliphatic rings. The van der Waals surface area contributed by atoms with E-state index < -0.39 is 0 Å². The first kappa shape index (κ1) is 14.3. The first-order chi connectivity index (χ1) is 8.65. The van der Waals surface area contributed by atoms with Crippen molar-refractivity contribution in [3.63, 3.8) is 0 Å². The monoisotopic (exact) mass is 284 g/mol. The van der Waals surface area contributed by atoms with Crippen LogP contribution in [0.3, 0.4) is 0 Å². The van der Waals surface area contributed by atoms with Crippen molar-refractivity contribution in [1.29, 1.82) is 0 Å². The summed E-state index contributed by atoms with van der Waals surface area (Å²) in [7, 11) is 1.86. The average molecular weight is 285 g/mol. The Hall–Kier alpha value is -1.07. The maximum atomic E-state index is 12.5. The van der Waals surface area contributed by atoms with Crippen LogP contribution >= 0.6 is 12.4 Å². The molecule has 3 rings (SSSR count). The number of fused-ring (bicyclic) bond motifs is 1. The Morgan fingerprint density at radius 2 is 2.26 bits per heavy atom. The molecule has 0 saturated carbocycles. The molecule has 1 N–H and O–H groups in total. The number of amides is 1. The van der Waals surface area contributed by atoms with Gasteiger partial charge in [0, 0.05) is 32.4 Å². The van der Waals surface area contributed by atoms with Gasteiger partial charge in [0.05, 0.1) is 11.3 Å². The molecule has 2 fully saturated rings. The molecule has 1 aromatic rings. The van der Waals surface area contributed by atoms with E-state index in [9.17, 15) is 4.79 Å². The Bertz CT molecular complexity index is 473. The molecule has 2 unspecified atom stereocenters. The molecule has 1 aromatic heterocycles. The normalized spacial score (nSPS) is 25.9. The van der Waals surface area contributed by atoms with Gasteiger partial charge in [-0.2, -0.15) is 5.10 Å². The summed E-state index contributed by atoms with van der Waals surface area (Å²) in [4.78, 5) is 14.5. The van der Waals surface area contributed by atoms with Gasteiger partial charge in [-0.25, -0.2) is 0 Å². The first-order valence-electron chi connectivity index (χ1n) is 6.68. The topological polar surface area (TPSA) is 50.2 Å². The van der Waals surface area contributed by atoms with E-state index in [1.807, 2.05) is 25.1 Å². The third kappa shape index (κ3) is 2.62. The third-order valence-corrected chi connectivity index (χ3v) is 4.19. The number of nitrogens with one attached hydrogen (secondary N) is 1. The Labute approximate surface area is 119 Å². The molecule has 2 aliphatic heterocycles. The number of aryl methyl sites for hydroxylation is 2. The zero-order chi connectivity index (χ0) is 12.7. The number of halogens is 1. The van der Waals surface area contributed by atoms with E-state index in [0.717, 1.165) is 37.3 Å². The smallest absolute Gasteiger partial charge is 0.257 e. The van der Waals surface area contributed by atoms with Crippen molar-refractivity contribution in [2.24, 2.45) is 13.0 Å². The van der Waals surface area contributed by atoms with Gasteiger partial charge in [-0.1, -0.05) is 0 Å². The number of likely N-dealkylation sites (tertiary alicyclic amines) is 1. The number of carbonyl (C=O) groups excluding carboxylic acids is 1. The van der Waals surface area contributed by atoms with Gasteiger partial charge >= 0.3 is 0 Å². The number of hydrogen-bond acceptors (Lipinski definition) is 3. The molecule has 0 aliphatic carbocycles. The molecule has 3 heterocycles. The molecule has 5 nitrogen and oxygen atoms in total. The molecule has 2 atom stereocenters. The van der Waals surface area contributed by atoms with Crippen molar-refractivity contribution in [3.05, 3.63) is 17.5 Å². The van der Waals surface area contributed by atoms with Crippen molar-refractivity contribution >= 4 is 18.3 Å². The lowest BCUT2D eigenvalue weighted by atomic mass is 9.93. The van der Waals surface area contributed by atoms with Crippen molar-refractivity contribution < 1.29 is 4.79 Å². The molecular weight excluding hydrogens is 264 g/mol. The molecule has 0 bridgehead atoms. The van der Waals surface area contributed by atoms with Crippen LogP contribution in [0.2, 0.25) is 0 Å². The predicted molar refractivity (Wildman–Crippen MR) is 75.6 cm³/mol. The lowest BCUT2D eigenvalue weighted by Crippen LogP contribution is -2.46. The summed E-state index contributed by atoms with van der Waals surface area (Å²) in [5.41, 5.74) is 1.58. The standard InChI is InChI=1S/C13H20N4O.ClH/c1-9-11(8-16(2)15-9)13(18)17-6-4-12-10(7-17)3-5-14-12;/h8,10,12,14H,3-7H2,1-2H3;1H. The van der Waals surface area contributed by atoms with E-state index in [-0.39, 0.29) is 18.3 Å². The van der Waals surface area contributed by atoms with Gasteiger partial charge in [-0.05, 0) is 32.2 Å². The van der Waals surface area contributed by atoms with Gasteiger partial charge in [-0.3, -0.25) is 9.48 Å². The summed E-state index contributed by atoms with van der Waals surface area (Å²) in [5, 5.41) is 7.77. The Morgan fingerprint density at radius 3 is 2.95 bits per heavy atom. The fourth-order valence-electron chi connectivity index (χ4n) is 3.21. The highest BCUT2D eigenvalue weighted by Gasteiger charge is 2.35. The second kappa shape index (κ2) is 5.51. The zero-order valence-corrected chi connectivity index (χ0v) is 12.2. The van der Waals surface area contributed by atoms with Gasteiger partial charge in [0.25, 0.3) is 5.91 Å². The summed E-state index contributed by atoms with van der Waals surface area (Å²) in [6, 6.07) is 0.629. The molecule has 0 aromatic carbocycles. The van der Waals surface area contributed by atoms with E-state index >= 15 is 0 Å². The van der Waals surface area contributed by atoms with Crippen LogP contribution in [0.1, 0.15) is 28.9 Å². The number of rotatable bonds is 1. The molecule has 0 spiro atoms. The first-order valence-corrected chi connectivity index (χ1v) is 6.68. The summed E-state index contributed by atoms with van der Waals surface area (Å²) in [6.07, 6.45) is 4.10. The van der Waals surface area contributed by atoms with Crippen LogP contribution in [-0.2, 0) is 7.05 Å². The molecule has 1 amide bonds. The maximum Gasteiger partial charge on any atom is 0.257 e. The van der Waals surface area contributed by atoms with E-state index in [4.69, 9.17) is 0 Å². The minimum Gasteiger partial charge on any atom is -0.338 e. The third-order valence-electron chi connectivity index (χ3n) is 4.19. The number of aromatic nitrogens is 2. The van der Waals surface area contributed by atoms with Crippen LogP contribution in [0.15, 0.2) is 6.20 Å². The average Bonchev–Trinajstić information content (AvgIpc) is 2.93. The van der Waals surface area contributed by atoms with Gasteiger partial charge in [0.2, 0.25) is 0 Å². The predicted octanol–water partition coefficient (Wildman–Crippen LogP) is 0.974. The lowest BCUT2D eigenvalue weighted by Gasteiger charge is -2.34. The van der Waals surface area contributed by atoms with Crippen molar-refractivity contribution in [2.75, 3.05) is 19.6 Å². The number of nitrogens with zero attached hydrogens (tertiary/aromatic N) is 3. The molecule has 0 radical (unpaired) electrons. The molecule has 2 saturated heterocycles. The summed E-state index contributed by atoms with van der Waals surface area (Å²) >= 11 is 0. The van der Waals surface area contributed by atoms with Gasteiger partial charge in [-0.15, -0.1) is 12.4 Å². The fraction of sp³-hybridized carbons (Fsp3) is 0.692. The molecule has 106 valence electrons. The van der Waals surface area contributed by atoms with Crippen LogP contribution in [0.4, 0.5) is 0 Å². The highest BCUT2D eigenvalue weighted by molar-refractivity contribution is 5.95. The van der Waals surface area contributed by atoms with Gasteiger partial charge in [0.1, 0.15) is 0 Å². The van der Waals surface area contributed by atoms with Crippen LogP contribution in [-0.4, -0.2) is 46.3 Å². The maximum absolute atomic E-state index is 12.5. The summed E-state index contributed by atoms with van der Waals surface area (Å²) < 4.78 is 1.71. The van der Waals surface area contributed by atoms with Crippen LogP contribution in [0, 0.1) is 12.8 Å². The van der Waals surface area contributed by atoms with Crippen LogP contribution < -0.4 is 5.32 Å². The Kier molecular flexibility index (Phi) is 4.16. The van der Waals surface area contributed by atoms with E-state index in [2.05, 4.69) is 10.4 Å². The highest BCUT2D eigenvalue weighted by Crippen LogP contribution is 2.25. The Balaban J connectivity index is 0.00000133. The summed E-state index contributed by atoms with van der Waals surface area (Å²) in [6.45, 7) is 4.76.